The molecule has 0 aliphatic rings. The maximum atomic E-state index is 5.73. The van der Waals surface area contributed by atoms with E-state index in [9.17, 15) is 0 Å². The van der Waals surface area contributed by atoms with Crippen molar-refractivity contribution in [3.63, 3.8) is 0 Å². The Morgan fingerprint density at radius 1 is 1.00 bits per heavy atom. The zero-order valence-electron chi connectivity index (χ0n) is 14.0. The van der Waals surface area contributed by atoms with E-state index in [4.69, 9.17) is 9.15 Å². The summed E-state index contributed by atoms with van der Waals surface area (Å²) in [5, 5.41) is 11.8. The highest BCUT2D eigenvalue weighted by atomic mass is 32.2. The lowest BCUT2D eigenvalue weighted by molar-refractivity contribution is 0.414. The van der Waals surface area contributed by atoms with Gasteiger partial charge in [0.25, 0.3) is 5.22 Å². The first-order valence-electron chi connectivity index (χ1n) is 7.92. The average Bonchev–Trinajstić information content (AvgIpc) is 3.37. The van der Waals surface area contributed by atoms with Gasteiger partial charge in [0.15, 0.2) is 0 Å². The Bertz CT molecular complexity index is 981. The van der Waals surface area contributed by atoms with Crippen LogP contribution in [0, 0.1) is 0 Å². The Morgan fingerprint density at radius 3 is 2.58 bits per heavy atom. The van der Waals surface area contributed by atoms with Crippen molar-refractivity contribution in [3.8, 4) is 27.8 Å². The summed E-state index contributed by atoms with van der Waals surface area (Å²) in [4.78, 5) is 4.67. The fourth-order valence-electron chi connectivity index (χ4n) is 2.34. The number of hydrogen-bond donors (Lipinski definition) is 0. The van der Waals surface area contributed by atoms with Crippen LogP contribution in [-0.4, -0.2) is 22.3 Å². The molecule has 0 N–H and O–H groups in total. The molecule has 26 heavy (non-hydrogen) atoms. The summed E-state index contributed by atoms with van der Waals surface area (Å²) in [6, 6.07) is 17.7. The molecular weight excluding hydrogens is 366 g/mol. The Kier molecular flexibility index (Phi) is 4.99. The minimum atomic E-state index is 0.499. The topological polar surface area (TPSA) is 61.0 Å². The van der Waals surface area contributed by atoms with Gasteiger partial charge in [-0.3, -0.25) is 0 Å². The normalized spacial score (nSPS) is 10.8. The van der Waals surface area contributed by atoms with Gasteiger partial charge in [-0.25, -0.2) is 4.98 Å². The van der Waals surface area contributed by atoms with E-state index in [1.54, 1.807) is 18.4 Å². The van der Waals surface area contributed by atoms with Crippen molar-refractivity contribution in [2.24, 2.45) is 0 Å². The van der Waals surface area contributed by atoms with Crippen LogP contribution in [0.15, 0.2) is 69.6 Å². The largest absolute Gasteiger partial charge is 0.497 e. The van der Waals surface area contributed by atoms with Crippen LogP contribution in [0.2, 0.25) is 0 Å². The molecule has 0 aliphatic heterocycles. The van der Waals surface area contributed by atoms with Crippen LogP contribution in [0.1, 0.15) is 5.69 Å². The number of ether oxygens (including phenoxy) is 1. The van der Waals surface area contributed by atoms with Crippen LogP contribution in [0.25, 0.3) is 22.0 Å². The number of thiazole rings is 1. The molecule has 4 aromatic rings. The third kappa shape index (κ3) is 3.79. The molecule has 2 aromatic heterocycles. The molecule has 2 heterocycles. The van der Waals surface area contributed by atoms with Gasteiger partial charge in [0.05, 0.1) is 12.8 Å². The van der Waals surface area contributed by atoms with Crippen molar-refractivity contribution in [1.82, 2.24) is 15.2 Å². The molecule has 0 saturated heterocycles. The predicted octanol–water partition coefficient (Wildman–Crippen LogP) is 5.16. The second-order valence-electron chi connectivity index (χ2n) is 5.40. The first-order valence-corrected chi connectivity index (χ1v) is 9.79. The van der Waals surface area contributed by atoms with Crippen molar-refractivity contribution < 1.29 is 9.15 Å². The van der Waals surface area contributed by atoms with Gasteiger partial charge in [-0.1, -0.05) is 42.1 Å². The predicted molar refractivity (Wildman–Crippen MR) is 103 cm³/mol. The third-order valence-electron chi connectivity index (χ3n) is 3.66. The molecule has 0 atom stereocenters. The second-order valence-corrected chi connectivity index (χ2v) is 7.19. The van der Waals surface area contributed by atoms with E-state index in [0.29, 0.717) is 16.9 Å². The quantitative estimate of drug-likeness (QED) is 0.430. The Hall–Kier alpha value is -2.64. The van der Waals surface area contributed by atoms with Crippen molar-refractivity contribution in [3.05, 3.63) is 65.7 Å². The SMILES string of the molecule is COc1ccc(-c2nnc(SCc3csc(-c4ccccc4)n3)o2)cc1. The molecule has 2 aromatic carbocycles. The average molecular weight is 381 g/mol. The molecule has 0 spiro atoms. The highest BCUT2D eigenvalue weighted by molar-refractivity contribution is 7.98. The van der Waals surface area contributed by atoms with Crippen LogP contribution < -0.4 is 4.74 Å². The van der Waals surface area contributed by atoms with E-state index in [-0.39, 0.29) is 0 Å². The molecular formula is C19H15N3O2S2. The maximum Gasteiger partial charge on any atom is 0.277 e. The summed E-state index contributed by atoms with van der Waals surface area (Å²) in [6.45, 7) is 0. The monoisotopic (exact) mass is 381 g/mol. The molecule has 0 amide bonds. The van der Waals surface area contributed by atoms with Crippen LogP contribution >= 0.6 is 23.1 Å². The summed E-state index contributed by atoms with van der Waals surface area (Å²) in [6.07, 6.45) is 0. The Labute approximate surface area is 159 Å². The molecule has 4 rings (SSSR count). The van der Waals surface area contributed by atoms with Crippen LogP contribution in [0.4, 0.5) is 0 Å². The summed E-state index contributed by atoms with van der Waals surface area (Å²) in [5.41, 5.74) is 3.00. The molecule has 0 saturated carbocycles. The van der Waals surface area contributed by atoms with E-state index in [1.807, 2.05) is 42.5 Å². The third-order valence-corrected chi connectivity index (χ3v) is 5.45. The fourth-order valence-corrected chi connectivity index (χ4v) is 3.93. The lowest BCUT2D eigenvalue weighted by atomic mass is 10.2. The number of benzene rings is 2. The molecule has 0 fully saturated rings. The number of thioether (sulfide) groups is 1. The maximum absolute atomic E-state index is 5.73. The lowest BCUT2D eigenvalue weighted by Crippen LogP contribution is -1.82. The summed E-state index contributed by atoms with van der Waals surface area (Å²) in [7, 11) is 1.64. The number of hydrogen-bond acceptors (Lipinski definition) is 7. The van der Waals surface area contributed by atoms with E-state index < -0.39 is 0 Å². The highest BCUT2D eigenvalue weighted by Crippen LogP contribution is 2.29. The molecule has 0 radical (unpaired) electrons. The standard InChI is InChI=1S/C19H15N3O2S2/c1-23-16-9-7-13(8-10-16)17-21-22-19(24-17)26-12-15-11-25-18(20-15)14-5-3-2-4-6-14/h2-11H,12H2,1H3. The van der Waals surface area contributed by atoms with Crippen molar-refractivity contribution >= 4 is 23.1 Å². The molecule has 130 valence electrons. The van der Waals surface area contributed by atoms with E-state index in [2.05, 4.69) is 32.7 Å². The molecule has 5 nitrogen and oxygen atoms in total. The van der Waals surface area contributed by atoms with Gasteiger partial charge in [-0.2, -0.15) is 0 Å². The van der Waals surface area contributed by atoms with Gasteiger partial charge in [0.1, 0.15) is 10.8 Å². The number of methoxy groups -OCH3 is 1. The van der Waals surface area contributed by atoms with Gasteiger partial charge in [-0.05, 0) is 24.3 Å². The summed E-state index contributed by atoms with van der Waals surface area (Å²) >= 11 is 3.12. The molecule has 7 heteroatoms. The van der Waals surface area contributed by atoms with Crippen LogP contribution in [-0.2, 0) is 5.75 Å². The van der Waals surface area contributed by atoms with Gasteiger partial charge >= 0.3 is 0 Å². The van der Waals surface area contributed by atoms with Crippen molar-refractivity contribution in [2.75, 3.05) is 7.11 Å². The second kappa shape index (κ2) is 7.72. The van der Waals surface area contributed by atoms with Crippen molar-refractivity contribution in [2.45, 2.75) is 11.0 Å². The fraction of sp³-hybridized carbons (Fsp3) is 0.105. The first kappa shape index (κ1) is 16.8. The zero-order chi connectivity index (χ0) is 17.8. The van der Waals surface area contributed by atoms with Crippen molar-refractivity contribution in [1.29, 1.82) is 0 Å². The number of aromatic nitrogens is 3. The molecule has 0 aliphatic carbocycles. The van der Waals surface area contributed by atoms with E-state index >= 15 is 0 Å². The number of nitrogens with zero attached hydrogens (tertiary/aromatic N) is 3. The summed E-state index contributed by atoms with van der Waals surface area (Å²) < 4.78 is 10.9. The summed E-state index contributed by atoms with van der Waals surface area (Å²) in [5.74, 6) is 1.98. The zero-order valence-corrected chi connectivity index (χ0v) is 15.6. The number of rotatable bonds is 6. The molecule has 0 bridgehead atoms. The minimum absolute atomic E-state index is 0.499. The van der Waals surface area contributed by atoms with Crippen LogP contribution in [0.5, 0.6) is 5.75 Å². The Morgan fingerprint density at radius 2 is 1.81 bits per heavy atom. The first-order chi connectivity index (χ1) is 12.8. The smallest absolute Gasteiger partial charge is 0.277 e. The van der Waals surface area contributed by atoms with Gasteiger partial charge in [0, 0.05) is 22.3 Å². The molecule has 0 unspecified atom stereocenters. The van der Waals surface area contributed by atoms with Gasteiger partial charge in [-0.15, -0.1) is 21.5 Å². The van der Waals surface area contributed by atoms with Gasteiger partial charge < -0.3 is 9.15 Å². The minimum Gasteiger partial charge on any atom is -0.497 e. The lowest BCUT2D eigenvalue weighted by Gasteiger charge is -1.99. The van der Waals surface area contributed by atoms with E-state index in [0.717, 1.165) is 27.6 Å². The van der Waals surface area contributed by atoms with Gasteiger partial charge in [0.2, 0.25) is 5.89 Å². The van der Waals surface area contributed by atoms with E-state index in [1.165, 1.54) is 11.8 Å². The highest BCUT2D eigenvalue weighted by Gasteiger charge is 2.11. The van der Waals surface area contributed by atoms with Crippen LogP contribution in [0.3, 0.4) is 0 Å². The Balaban J connectivity index is 1.41.